The largest absolute Gasteiger partial charge is 0.497 e. The van der Waals surface area contributed by atoms with E-state index in [1.54, 1.807) is 13.2 Å². The Bertz CT molecular complexity index is 1170. The second kappa shape index (κ2) is 9.19. The Balaban J connectivity index is 1.62. The van der Waals surface area contributed by atoms with Crippen LogP contribution in [0.25, 0.3) is 11.1 Å². The molecule has 1 amide bonds. The van der Waals surface area contributed by atoms with E-state index in [4.69, 9.17) is 9.72 Å². The van der Waals surface area contributed by atoms with E-state index in [9.17, 15) is 14.4 Å². The highest BCUT2D eigenvalue weighted by atomic mass is 32.2. The van der Waals surface area contributed by atoms with Gasteiger partial charge < -0.3 is 10.1 Å². The van der Waals surface area contributed by atoms with Gasteiger partial charge in [-0.2, -0.15) is 5.26 Å². The van der Waals surface area contributed by atoms with E-state index in [0.717, 1.165) is 47.4 Å². The molecule has 3 aromatic rings. The molecule has 0 spiro atoms. The number of aromatic nitrogens is 1. The Labute approximate surface area is 184 Å². The van der Waals surface area contributed by atoms with E-state index < -0.39 is 5.82 Å². The van der Waals surface area contributed by atoms with Gasteiger partial charge >= 0.3 is 0 Å². The summed E-state index contributed by atoms with van der Waals surface area (Å²) in [5, 5.41) is 13.2. The van der Waals surface area contributed by atoms with Crippen LogP contribution in [0.4, 0.5) is 10.1 Å². The van der Waals surface area contributed by atoms with Crippen LogP contribution in [0.3, 0.4) is 0 Å². The standard InChI is InChI=1S/C24H20FN3O2S/c1-30-18-10-8-15(9-11-18)23-19-6-3-7-21(19)28-24(20(23)13-26)31-14-22(29)27-17-5-2-4-16(25)12-17/h2,4-5,8-12H,3,6-7,14H2,1H3,(H,27,29). The lowest BCUT2D eigenvalue weighted by molar-refractivity contribution is -0.113. The molecule has 0 saturated carbocycles. The second-order valence-corrected chi connectivity index (χ2v) is 8.10. The summed E-state index contributed by atoms with van der Waals surface area (Å²) in [6.07, 6.45) is 2.72. The van der Waals surface area contributed by atoms with Gasteiger partial charge in [0, 0.05) is 16.9 Å². The number of rotatable bonds is 6. The molecule has 0 atom stereocenters. The Hall–Kier alpha value is -3.37. The number of nitriles is 1. The summed E-state index contributed by atoms with van der Waals surface area (Å²) in [7, 11) is 1.61. The highest BCUT2D eigenvalue weighted by Crippen LogP contribution is 2.39. The van der Waals surface area contributed by atoms with Gasteiger partial charge in [-0.05, 0) is 60.7 Å². The van der Waals surface area contributed by atoms with Gasteiger partial charge in [0.2, 0.25) is 5.91 Å². The number of hydrogen-bond donors (Lipinski definition) is 1. The van der Waals surface area contributed by atoms with E-state index in [1.807, 2.05) is 24.3 Å². The number of carbonyl (C=O) groups is 1. The van der Waals surface area contributed by atoms with Crippen molar-refractivity contribution in [2.45, 2.75) is 24.3 Å². The molecule has 0 unspecified atom stereocenters. The number of nitrogens with zero attached hydrogens (tertiary/aromatic N) is 2. The highest BCUT2D eigenvalue weighted by molar-refractivity contribution is 8.00. The number of benzene rings is 2. The minimum Gasteiger partial charge on any atom is -0.497 e. The number of halogens is 1. The third-order valence-corrected chi connectivity index (χ3v) is 6.11. The summed E-state index contributed by atoms with van der Waals surface area (Å²) in [5.74, 6) is 0.116. The summed E-state index contributed by atoms with van der Waals surface area (Å²) in [6, 6.07) is 15.7. The topological polar surface area (TPSA) is 75.0 Å². The molecule has 1 aliphatic carbocycles. The second-order valence-electron chi connectivity index (χ2n) is 7.13. The maximum absolute atomic E-state index is 13.3. The molecule has 0 saturated heterocycles. The fraction of sp³-hybridized carbons (Fsp3) is 0.208. The predicted molar refractivity (Wildman–Crippen MR) is 119 cm³/mol. The summed E-state index contributed by atoms with van der Waals surface area (Å²) < 4.78 is 18.6. The molecule has 31 heavy (non-hydrogen) atoms. The minimum absolute atomic E-state index is 0.0685. The Kier molecular flexibility index (Phi) is 6.19. The number of aryl methyl sites for hydroxylation is 1. The molecule has 1 aliphatic rings. The number of methoxy groups -OCH3 is 1. The first-order valence-corrected chi connectivity index (χ1v) is 10.9. The van der Waals surface area contributed by atoms with Crippen molar-refractivity contribution >= 4 is 23.4 Å². The number of amides is 1. The van der Waals surface area contributed by atoms with Crippen LogP contribution in [-0.4, -0.2) is 23.8 Å². The van der Waals surface area contributed by atoms with Crippen molar-refractivity contribution < 1.29 is 13.9 Å². The molecular formula is C24H20FN3O2S. The lowest BCUT2D eigenvalue weighted by atomic mass is 9.95. The number of ether oxygens (including phenoxy) is 1. The van der Waals surface area contributed by atoms with Gasteiger partial charge in [0.15, 0.2) is 0 Å². The molecule has 5 nitrogen and oxygen atoms in total. The predicted octanol–water partition coefficient (Wildman–Crippen LogP) is 4.99. The van der Waals surface area contributed by atoms with Gasteiger partial charge in [0.05, 0.1) is 18.4 Å². The summed E-state index contributed by atoms with van der Waals surface area (Å²) in [6.45, 7) is 0. The number of anilines is 1. The van der Waals surface area contributed by atoms with E-state index in [0.29, 0.717) is 16.3 Å². The van der Waals surface area contributed by atoms with Crippen molar-refractivity contribution in [2.24, 2.45) is 0 Å². The first kappa shape index (κ1) is 20.9. The summed E-state index contributed by atoms with van der Waals surface area (Å²) in [5.41, 5.74) is 4.79. The first-order valence-electron chi connectivity index (χ1n) is 9.87. The molecule has 7 heteroatoms. The quantitative estimate of drug-likeness (QED) is 0.555. The van der Waals surface area contributed by atoms with Crippen molar-refractivity contribution in [3.05, 3.63) is 71.2 Å². The SMILES string of the molecule is COc1ccc(-c2c(C#N)c(SCC(=O)Nc3cccc(F)c3)nc3c2CCC3)cc1. The molecule has 0 bridgehead atoms. The molecule has 2 aromatic carbocycles. The molecule has 1 aromatic heterocycles. The first-order chi connectivity index (χ1) is 15.1. The zero-order valence-corrected chi connectivity index (χ0v) is 17.8. The van der Waals surface area contributed by atoms with Crippen LogP contribution in [0.1, 0.15) is 23.2 Å². The van der Waals surface area contributed by atoms with Crippen LogP contribution in [0, 0.1) is 17.1 Å². The maximum atomic E-state index is 13.3. The Morgan fingerprint density at radius 2 is 2.06 bits per heavy atom. The van der Waals surface area contributed by atoms with Gasteiger partial charge in [0.1, 0.15) is 22.7 Å². The molecule has 1 heterocycles. The Morgan fingerprint density at radius 1 is 1.26 bits per heavy atom. The fourth-order valence-electron chi connectivity index (χ4n) is 3.74. The maximum Gasteiger partial charge on any atom is 0.234 e. The zero-order chi connectivity index (χ0) is 21.8. The zero-order valence-electron chi connectivity index (χ0n) is 16.9. The van der Waals surface area contributed by atoms with Crippen LogP contribution >= 0.6 is 11.8 Å². The van der Waals surface area contributed by atoms with Crippen LogP contribution in [0.5, 0.6) is 5.75 Å². The van der Waals surface area contributed by atoms with Gasteiger partial charge in [-0.3, -0.25) is 4.79 Å². The van der Waals surface area contributed by atoms with Gasteiger partial charge in [-0.15, -0.1) is 0 Å². The van der Waals surface area contributed by atoms with Gasteiger partial charge in [-0.25, -0.2) is 9.37 Å². The average Bonchev–Trinajstić information content (AvgIpc) is 3.25. The summed E-state index contributed by atoms with van der Waals surface area (Å²) >= 11 is 1.22. The van der Waals surface area contributed by atoms with Crippen LogP contribution in [0.15, 0.2) is 53.6 Å². The number of fused-ring (bicyclic) bond motifs is 1. The number of thioether (sulfide) groups is 1. The molecule has 1 N–H and O–H groups in total. The summed E-state index contributed by atoms with van der Waals surface area (Å²) in [4.78, 5) is 17.1. The average molecular weight is 434 g/mol. The van der Waals surface area contributed by atoms with Crippen molar-refractivity contribution in [3.8, 4) is 22.9 Å². The third-order valence-electron chi connectivity index (χ3n) is 5.13. The monoisotopic (exact) mass is 433 g/mol. The molecule has 4 rings (SSSR count). The molecular weight excluding hydrogens is 413 g/mol. The molecule has 0 aliphatic heterocycles. The lowest BCUT2D eigenvalue weighted by Crippen LogP contribution is -2.14. The lowest BCUT2D eigenvalue weighted by Gasteiger charge is -2.15. The number of carbonyl (C=O) groups excluding carboxylic acids is 1. The molecule has 0 fully saturated rings. The van der Waals surface area contributed by atoms with E-state index in [1.165, 1.54) is 30.0 Å². The Morgan fingerprint density at radius 3 is 2.77 bits per heavy atom. The highest BCUT2D eigenvalue weighted by Gasteiger charge is 2.24. The van der Waals surface area contributed by atoms with Crippen molar-refractivity contribution in [1.82, 2.24) is 4.98 Å². The molecule has 156 valence electrons. The van der Waals surface area contributed by atoms with Gasteiger partial charge in [-0.1, -0.05) is 30.0 Å². The van der Waals surface area contributed by atoms with Crippen LogP contribution in [0.2, 0.25) is 0 Å². The third kappa shape index (κ3) is 4.54. The normalized spacial score (nSPS) is 12.2. The van der Waals surface area contributed by atoms with Gasteiger partial charge in [0.25, 0.3) is 0 Å². The fourth-order valence-corrected chi connectivity index (χ4v) is 4.55. The van der Waals surface area contributed by atoms with E-state index >= 15 is 0 Å². The molecule has 0 radical (unpaired) electrons. The number of pyridine rings is 1. The van der Waals surface area contributed by atoms with Crippen molar-refractivity contribution in [1.29, 1.82) is 5.26 Å². The van der Waals surface area contributed by atoms with Crippen molar-refractivity contribution in [2.75, 3.05) is 18.2 Å². The minimum atomic E-state index is -0.415. The van der Waals surface area contributed by atoms with Crippen molar-refractivity contribution in [3.63, 3.8) is 0 Å². The van der Waals surface area contributed by atoms with Crippen LogP contribution < -0.4 is 10.1 Å². The number of hydrogen-bond acceptors (Lipinski definition) is 5. The van der Waals surface area contributed by atoms with Crippen LogP contribution in [-0.2, 0) is 17.6 Å². The van der Waals surface area contributed by atoms with E-state index in [2.05, 4.69) is 11.4 Å². The van der Waals surface area contributed by atoms with E-state index in [-0.39, 0.29) is 11.7 Å². The number of nitrogens with one attached hydrogen (secondary N) is 1. The smallest absolute Gasteiger partial charge is 0.234 e.